The molecule has 0 atom stereocenters. The number of nitro benzene ring substituents is 1. The topological polar surface area (TPSA) is 75.5 Å². The van der Waals surface area contributed by atoms with E-state index in [1.54, 1.807) is 0 Å². The summed E-state index contributed by atoms with van der Waals surface area (Å²) in [7, 11) is 3.93. The van der Waals surface area contributed by atoms with Crippen LogP contribution in [0, 0.1) is 10.1 Å². The number of amides is 1. The first-order valence-corrected chi connectivity index (χ1v) is 7.70. The van der Waals surface area contributed by atoms with Crippen molar-refractivity contribution in [3.8, 4) is 0 Å². The molecular formula is C17H18ClN3O3. The second-order valence-electron chi connectivity index (χ2n) is 5.61. The van der Waals surface area contributed by atoms with Gasteiger partial charge in [-0.25, -0.2) is 0 Å². The van der Waals surface area contributed by atoms with E-state index >= 15 is 0 Å². The van der Waals surface area contributed by atoms with Gasteiger partial charge in [-0.05, 0) is 37.4 Å². The number of rotatable bonds is 6. The van der Waals surface area contributed by atoms with Crippen LogP contribution in [0.4, 0.5) is 5.69 Å². The molecule has 0 aliphatic heterocycles. The number of carbonyl (C=O) groups excluding carboxylic acids is 1. The summed E-state index contributed by atoms with van der Waals surface area (Å²) in [6, 6.07) is 11.7. The van der Waals surface area contributed by atoms with Crippen LogP contribution in [0.1, 0.15) is 21.5 Å². The van der Waals surface area contributed by atoms with E-state index in [1.807, 2.05) is 43.3 Å². The quantitative estimate of drug-likeness (QED) is 0.643. The number of halogens is 1. The zero-order valence-electron chi connectivity index (χ0n) is 13.5. The molecule has 0 saturated heterocycles. The van der Waals surface area contributed by atoms with Crippen LogP contribution < -0.4 is 5.32 Å². The molecule has 0 unspecified atom stereocenters. The Hall–Kier alpha value is -2.44. The van der Waals surface area contributed by atoms with E-state index < -0.39 is 10.8 Å². The number of hydrogen-bond donors (Lipinski definition) is 1. The lowest BCUT2D eigenvalue weighted by atomic mass is 10.1. The Morgan fingerprint density at radius 1 is 1.21 bits per heavy atom. The molecule has 2 aromatic rings. The highest BCUT2D eigenvalue weighted by Gasteiger charge is 2.20. The fourth-order valence-corrected chi connectivity index (χ4v) is 2.52. The van der Waals surface area contributed by atoms with Crippen LogP contribution in [-0.4, -0.2) is 29.8 Å². The standard InChI is InChI=1S/C17H18ClN3O3/c1-20(2)11-13-6-4-3-5-12(13)10-19-17(22)15-9-14(18)7-8-16(15)21(23)24/h3-9H,10-11H2,1-2H3,(H,19,22). The van der Waals surface area contributed by atoms with Crippen molar-refractivity contribution in [1.82, 2.24) is 10.2 Å². The smallest absolute Gasteiger partial charge is 0.282 e. The molecular weight excluding hydrogens is 330 g/mol. The van der Waals surface area contributed by atoms with Gasteiger partial charge in [-0.15, -0.1) is 0 Å². The maximum Gasteiger partial charge on any atom is 0.282 e. The predicted molar refractivity (Wildman–Crippen MR) is 93.1 cm³/mol. The average molecular weight is 348 g/mol. The minimum Gasteiger partial charge on any atom is -0.348 e. The molecule has 24 heavy (non-hydrogen) atoms. The fraction of sp³-hybridized carbons (Fsp3) is 0.235. The molecule has 7 heteroatoms. The second-order valence-corrected chi connectivity index (χ2v) is 6.04. The summed E-state index contributed by atoms with van der Waals surface area (Å²) in [5, 5.41) is 14.1. The maximum absolute atomic E-state index is 12.3. The lowest BCUT2D eigenvalue weighted by Gasteiger charge is -2.14. The van der Waals surface area contributed by atoms with Gasteiger partial charge in [0, 0.05) is 24.2 Å². The SMILES string of the molecule is CN(C)Cc1ccccc1CNC(=O)c1cc(Cl)ccc1[N+](=O)[O-]. The normalized spacial score (nSPS) is 10.7. The summed E-state index contributed by atoms with van der Waals surface area (Å²) < 4.78 is 0. The first-order chi connectivity index (χ1) is 11.4. The zero-order valence-corrected chi connectivity index (χ0v) is 14.2. The molecule has 0 bridgehead atoms. The molecule has 0 aliphatic rings. The van der Waals surface area contributed by atoms with E-state index in [1.165, 1.54) is 18.2 Å². The van der Waals surface area contributed by atoms with Crippen molar-refractivity contribution in [2.75, 3.05) is 14.1 Å². The van der Waals surface area contributed by atoms with Gasteiger partial charge in [0.2, 0.25) is 0 Å². The summed E-state index contributed by atoms with van der Waals surface area (Å²) in [6.45, 7) is 1.02. The Labute approximate surface area is 145 Å². The molecule has 2 aromatic carbocycles. The third-order valence-corrected chi connectivity index (χ3v) is 3.68. The number of nitrogens with zero attached hydrogens (tertiary/aromatic N) is 2. The van der Waals surface area contributed by atoms with Gasteiger partial charge in [-0.3, -0.25) is 14.9 Å². The monoisotopic (exact) mass is 347 g/mol. The van der Waals surface area contributed by atoms with Crippen LogP contribution in [0.25, 0.3) is 0 Å². The van der Waals surface area contributed by atoms with Crippen LogP contribution >= 0.6 is 11.6 Å². The number of nitrogens with one attached hydrogen (secondary N) is 1. The summed E-state index contributed by atoms with van der Waals surface area (Å²) in [5.41, 5.74) is 1.74. The van der Waals surface area contributed by atoms with E-state index in [4.69, 9.17) is 11.6 Å². The molecule has 1 N–H and O–H groups in total. The van der Waals surface area contributed by atoms with Crippen molar-refractivity contribution < 1.29 is 9.72 Å². The van der Waals surface area contributed by atoms with E-state index in [0.29, 0.717) is 0 Å². The lowest BCUT2D eigenvalue weighted by molar-refractivity contribution is -0.385. The third-order valence-electron chi connectivity index (χ3n) is 3.44. The molecule has 0 aliphatic carbocycles. The molecule has 0 fully saturated rings. The summed E-state index contributed by atoms with van der Waals surface area (Å²) in [6.07, 6.45) is 0. The number of hydrogen-bond acceptors (Lipinski definition) is 4. The highest BCUT2D eigenvalue weighted by atomic mass is 35.5. The fourth-order valence-electron chi connectivity index (χ4n) is 2.34. The van der Waals surface area contributed by atoms with Gasteiger partial charge in [0.15, 0.2) is 0 Å². The van der Waals surface area contributed by atoms with Crippen molar-refractivity contribution in [1.29, 1.82) is 0 Å². The Bertz CT molecular complexity index is 762. The van der Waals surface area contributed by atoms with Crippen LogP contribution in [0.5, 0.6) is 0 Å². The summed E-state index contributed by atoms with van der Waals surface area (Å²) in [5.74, 6) is -0.524. The van der Waals surface area contributed by atoms with Gasteiger partial charge in [0.25, 0.3) is 11.6 Å². The molecule has 0 saturated carbocycles. The Balaban J connectivity index is 2.18. The molecule has 1 amide bonds. The van der Waals surface area contributed by atoms with E-state index in [2.05, 4.69) is 5.32 Å². The van der Waals surface area contributed by atoms with Gasteiger partial charge < -0.3 is 10.2 Å². The molecule has 0 aromatic heterocycles. The summed E-state index contributed by atoms with van der Waals surface area (Å²) in [4.78, 5) is 24.8. The molecule has 126 valence electrons. The number of nitro groups is 1. The highest BCUT2D eigenvalue weighted by Crippen LogP contribution is 2.22. The zero-order chi connectivity index (χ0) is 17.7. The molecule has 0 heterocycles. The largest absolute Gasteiger partial charge is 0.348 e. The first kappa shape index (κ1) is 17.9. The highest BCUT2D eigenvalue weighted by molar-refractivity contribution is 6.31. The minimum absolute atomic E-state index is 0.0439. The maximum atomic E-state index is 12.3. The molecule has 0 radical (unpaired) electrons. The first-order valence-electron chi connectivity index (χ1n) is 7.32. The van der Waals surface area contributed by atoms with Crippen molar-refractivity contribution in [3.63, 3.8) is 0 Å². The van der Waals surface area contributed by atoms with E-state index in [0.717, 1.165) is 17.7 Å². The van der Waals surface area contributed by atoms with Crippen molar-refractivity contribution in [2.45, 2.75) is 13.1 Å². The van der Waals surface area contributed by atoms with Crippen molar-refractivity contribution >= 4 is 23.2 Å². The average Bonchev–Trinajstić information content (AvgIpc) is 2.52. The van der Waals surface area contributed by atoms with Gasteiger partial charge in [0.05, 0.1) is 4.92 Å². The Morgan fingerprint density at radius 3 is 2.50 bits per heavy atom. The number of benzene rings is 2. The third kappa shape index (κ3) is 4.53. The molecule has 0 spiro atoms. The molecule has 6 nitrogen and oxygen atoms in total. The Kier molecular flexibility index (Phi) is 5.89. The van der Waals surface area contributed by atoms with Crippen LogP contribution in [-0.2, 0) is 13.1 Å². The molecule has 2 rings (SSSR count). The summed E-state index contributed by atoms with van der Waals surface area (Å²) >= 11 is 5.86. The number of carbonyl (C=O) groups is 1. The van der Waals surface area contributed by atoms with Crippen LogP contribution in [0.2, 0.25) is 5.02 Å². The van der Waals surface area contributed by atoms with Gasteiger partial charge in [-0.2, -0.15) is 0 Å². The van der Waals surface area contributed by atoms with E-state index in [-0.39, 0.29) is 22.8 Å². The van der Waals surface area contributed by atoms with Crippen LogP contribution in [0.15, 0.2) is 42.5 Å². The Morgan fingerprint density at radius 2 is 1.88 bits per heavy atom. The predicted octanol–water partition coefficient (Wildman–Crippen LogP) is 3.24. The van der Waals surface area contributed by atoms with Crippen molar-refractivity contribution in [2.24, 2.45) is 0 Å². The van der Waals surface area contributed by atoms with Gasteiger partial charge in [0.1, 0.15) is 5.56 Å². The minimum atomic E-state index is -0.592. The second kappa shape index (κ2) is 7.90. The van der Waals surface area contributed by atoms with Crippen molar-refractivity contribution in [3.05, 3.63) is 74.3 Å². The lowest BCUT2D eigenvalue weighted by Crippen LogP contribution is -2.25. The van der Waals surface area contributed by atoms with Gasteiger partial charge in [-0.1, -0.05) is 35.9 Å². The van der Waals surface area contributed by atoms with Crippen LogP contribution in [0.3, 0.4) is 0 Å². The van der Waals surface area contributed by atoms with Gasteiger partial charge >= 0.3 is 0 Å². The van der Waals surface area contributed by atoms with E-state index in [9.17, 15) is 14.9 Å².